The minimum atomic E-state index is 0.0358. The van der Waals surface area contributed by atoms with Crippen LogP contribution in [0, 0.1) is 0 Å². The molecule has 0 N–H and O–H groups in total. The molecular formula is C11H14OS. The van der Waals surface area contributed by atoms with Crippen LogP contribution in [-0.2, 0) is 4.79 Å². The molecular weight excluding hydrogens is 180 g/mol. The van der Waals surface area contributed by atoms with Gasteiger partial charge in [-0.05, 0) is 11.8 Å². The lowest BCUT2D eigenvalue weighted by Gasteiger charge is -2.09. The summed E-state index contributed by atoms with van der Waals surface area (Å²) >= 11 is 1.58. The first kappa shape index (κ1) is 10.3. The molecule has 1 rings (SSSR count). The molecule has 0 spiro atoms. The molecule has 0 aliphatic rings. The Bertz CT molecular complexity index is 269. The minimum Gasteiger partial charge on any atom is -0.298 e. The van der Waals surface area contributed by atoms with Crippen molar-refractivity contribution in [3.63, 3.8) is 0 Å². The summed E-state index contributed by atoms with van der Waals surface area (Å²) in [5.74, 6) is 0.947. The molecule has 1 nitrogen and oxygen atoms in total. The van der Waals surface area contributed by atoms with Gasteiger partial charge in [-0.1, -0.05) is 37.3 Å². The zero-order chi connectivity index (χ0) is 9.68. The number of hydrogen-bond acceptors (Lipinski definition) is 2. The molecule has 0 aromatic heterocycles. The normalized spacial score (nSPS) is 12.5. The molecule has 0 aliphatic carbocycles. The number of Topliss-reactive ketones (excluding diaryl/α,β-unsaturated/α-hetero) is 1. The summed E-state index contributed by atoms with van der Waals surface area (Å²) in [5.41, 5.74) is 1.11. The van der Waals surface area contributed by atoms with Crippen molar-refractivity contribution >= 4 is 17.5 Å². The Labute approximate surface area is 83.5 Å². The topological polar surface area (TPSA) is 17.1 Å². The molecule has 1 atom stereocenters. The molecule has 0 saturated carbocycles. The van der Waals surface area contributed by atoms with E-state index in [1.807, 2.05) is 43.5 Å². The summed E-state index contributed by atoms with van der Waals surface area (Å²) in [6.45, 7) is 1.97. The van der Waals surface area contributed by atoms with Gasteiger partial charge in [-0.15, -0.1) is 0 Å². The molecule has 70 valence electrons. The van der Waals surface area contributed by atoms with Crippen LogP contribution < -0.4 is 0 Å². The van der Waals surface area contributed by atoms with Gasteiger partial charge in [0.1, 0.15) is 5.78 Å². The van der Waals surface area contributed by atoms with Crippen molar-refractivity contribution in [3.8, 4) is 0 Å². The molecule has 0 amide bonds. The van der Waals surface area contributed by atoms with Gasteiger partial charge in [0.25, 0.3) is 0 Å². The van der Waals surface area contributed by atoms with Crippen molar-refractivity contribution in [1.29, 1.82) is 0 Å². The average Bonchev–Trinajstić information content (AvgIpc) is 2.18. The van der Waals surface area contributed by atoms with E-state index >= 15 is 0 Å². The summed E-state index contributed by atoms with van der Waals surface area (Å²) < 4.78 is 0. The van der Waals surface area contributed by atoms with Crippen molar-refractivity contribution in [2.24, 2.45) is 0 Å². The fourth-order valence-corrected chi connectivity index (χ4v) is 1.73. The highest BCUT2D eigenvalue weighted by Gasteiger charge is 2.13. The molecule has 0 fully saturated rings. The number of rotatable bonds is 4. The quantitative estimate of drug-likeness (QED) is 0.733. The van der Waals surface area contributed by atoms with Crippen molar-refractivity contribution in [1.82, 2.24) is 0 Å². The molecule has 0 bridgehead atoms. The van der Waals surface area contributed by atoms with Crippen molar-refractivity contribution in [2.75, 3.05) is 12.0 Å². The Morgan fingerprint density at radius 1 is 1.38 bits per heavy atom. The maximum atomic E-state index is 11.5. The van der Waals surface area contributed by atoms with Gasteiger partial charge in [0.05, 0.1) is 5.75 Å². The minimum absolute atomic E-state index is 0.0358. The van der Waals surface area contributed by atoms with Crippen LogP contribution in [0.25, 0.3) is 0 Å². The van der Waals surface area contributed by atoms with Gasteiger partial charge in [0, 0.05) is 5.92 Å². The average molecular weight is 194 g/mol. The van der Waals surface area contributed by atoms with E-state index in [2.05, 4.69) is 0 Å². The van der Waals surface area contributed by atoms with Crippen molar-refractivity contribution < 1.29 is 4.79 Å². The molecule has 0 saturated heterocycles. The highest BCUT2D eigenvalue weighted by molar-refractivity contribution is 7.99. The molecule has 2 heteroatoms. The molecule has 1 aromatic carbocycles. The lowest BCUT2D eigenvalue weighted by Crippen LogP contribution is -2.11. The molecule has 0 heterocycles. The summed E-state index contributed by atoms with van der Waals surface area (Å²) in [6, 6.07) is 9.91. The van der Waals surface area contributed by atoms with E-state index in [0.717, 1.165) is 5.56 Å². The number of carbonyl (C=O) groups excluding carboxylic acids is 1. The fourth-order valence-electron chi connectivity index (χ4n) is 1.19. The Kier molecular flexibility index (Phi) is 4.03. The summed E-state index contributed by atoms with van der Waals surface area (Å²) in [5, 5.41) is 0. The Morgan fingerprint density at radius 2 is 2.00 bits per heavy atom. The Balaban J connectivity index is 2.68. The predicted molar refractivity (Wildman–Crippen MR) is 58.2 cm³/mol. The molecule has 1 aromatic rings. The van der Waals surface area contributed by atoms with Crippen LogP contribution in [0.2, 0.25) is 0 Å². The number of ketones is 1. The highest BCUT2D eigenvalue weighted by atomic mass is 32.2. The van der Waals surface area contributed by atoms with Gasteiger partial charge in [-0.3, -0.25) is 4.79 Å². The second kappa shape index (κ2) is 5.07. The SMILES string of the molecule is CSCC(=O)[C@@H](C)c1ccccc1. The predicted octanol–water partition coefficient (Wildman–Crippen LogP) is 2.72. The third kappa shape index (κ3) is 2.88. The molecule has 0 radical (unpaired) electrons. The maximum Gasteiger partial charge on any atom is 0.149 e. The molecule has 0 unspecified atom stereocenters. The second-order valence-corrected chi connectivity index (χ2v) is 3.90. The van der Waals surface area contributed by atoms with Crippen molar-refractivity contribution in [2.45, 2.75) is 12.8 Å². The van der Waals surface area contributed by atoms with Crippen LogP contribution in [0.1, 0.15) is 18.4 Å². The Morgan fingerprint density at radius 3 is 2.54 bits per heavy atom. The monoisotopic (exact) mass is 194 g/mol. The highest BCUT2D eigenvalue weighted by Crippen LogP contribution is 2.16. The van der Waals surface area contributed by atoms with Crippen molar-refractivity contribution in [3.05, 3.63) is 35.9 Å². The zero-order valence-electron chi connectivity index (χ0n) is 7.99. The second-order valence-electron chi connectivity index (χ2n) is 3.03. The number of benzene rings is 1. The lowest BCUT2D eigenvalue weighted by atomic mass is 9.98. The lowest BCUT2D eigenvalue weighted by molar-refractivity contribution is -0.117. The first-order chi connectivity index (χ1) is 6.25. The molecule has 13 heavy (non-hydrogen) atoms. The summed E-state index contributed by atoms with van der Waals surface area (Å²) in [4.78, 5) is 11.5. The van der Waals surface area contributed by atoms with E-state index in [-0.39, 0.29) is 5.92 Å². The first-order valence-electron chi connectivity index (χ1n) is 4.32. The van der Waals surface area contributed by atoms with Crippen LogP contribution in [-0.4, -0.2) is 17.8 Å². The smallest absolute Gasteiger partial charge is 0.149 e. The van der Waals surface area contributed by atoms with Crippen LogP contribution in [0.4, 0.5) is 0 Å². The summed E-state index contributed by atoms with van der Waals surface area (Å²) in [7, 11) is 0. The van der Waals surface area contributed by atoms with E-state index in [0.29, 0.717) is 11.5 Å². The van der Waals surface area contributed by atoms with Crippen LogP contribution in [0.3, 0.4) is 0 Å². The first-order valence-corrected chi connectivity index (χ1v) is 5.71. The van der Waals surface area contributed by atoms with Gasteiger partial charge in [0.15, 0.2) is 0 Å². The molecule has 0 aliphatic heterocycles. The largest absolute Gasteiger partial charge is 0.298 e. The summed E-state index contributed by atoms with van der Waals surface area (Å²) in [6.07, 6.45) is 1.95. The van der Waals surface area contributed by atoms with Gasteiger partial charge in [-0.25, -0.2) is 0 Å². The van der Waals surface area contributed by atoms with E-state index in [1.165, 1.54) is 0 Å². The number of thioether (sulfide) groups is 1. The van der Waals surface area contributed by atoms with Gasteiger partial charge >= 0.3 is 0 Å². The third-order valence-corrected chi connectivity index (χ3v) is 2.64. The number of hydrogen-bond donors (Lipinski definition) is 0. The fraction of sp³-hybridized carbons (Fsp3) is 0.364. The standard InChI is InChI=1S/C11H14OS/c1-9(11(12)8-13-2)10-6-4-3-5-7-10/h3-7,9H,8H2,1-2H3/t9-/m0/s1. The van der Waals surface area contributed by atoms with Crippen LogP contribution in [0.5, 0.6) is 0 Å². The third-order valence-electron chi connectivity index (χ3n) is 2.07. The van der Waals surface area contributed by atoms with E-state index in [9.17, 15) is 4.79 Å². The van der Waals surface area contributed by atoms with Gasteiger partial charge < -0.3 is 0 Å². The maximum absolute atomic E-state index is 11.5. The zero-order valence-corrected chi connectivity index (χ0v) is 8.80. The van der Waals surface area contributed by atoms with Crippen LogP contribution in [0.15, 0.2) is 30.3 Å². The number of carbonyl (C=O) groups is 1. The van der Waals surface area contributed by atoms with Gasteiger partial charge in [0.2, 0.25) is 0 Å². The van der Waals surface area contributed by atoms with Crippen LogP contribution >= 0.6 is 11.8 Å². The van der Waals surface area contributed by atoms with E-state index in [4.69, 9.17) is 0 Å². The van der Waals surface area contributed by atoms with E-state index < -0.39 is 0 Å². The Hall–Kier alpha value is -0.760. The van der Waals surface area contributed by atoms with Gasteiger partial charge in [-0.2, -0.15) is 11.8 Å². The van der Waals surface area contributed by atoms with E-state index in [1.54, 1.807) is 11.8 Å².